The molecule has 0 aliphatic carbocycles. The summed E-state index contributed by atoms with van der Waals surface area (Å²) in [5.41, 5.74) is 2.26. The smallest absolute Gasteiger partial charge is 0.255 e. The normalized spacial score (nSPS) is 11.3. The Balaban J connectivity index is 1.61. The zero-order valence-corrected chi connectivity index (χ0v) is 20.8. The standard InChI is InChI=1S/C29H26N2O4S/c1-34-25-19-24(26(35-2)18-23(25)30-28(32)21-14-8-4-9-15-21)31-29(33)27(20-12-6-3-7-13-20)36-22-16-10-5-11-17-22/h3-19,27H,1-2H3,(H,30,32)(H,31,33)/t27-/m1/s1. The lowest BCUT2D eigenvalue weighted by molar-refractivity contribution is -0.115. The first-order chi connectivity index (χ1) is 17.6. The predicted octanol–water partition coefficient (Wildman–Crippen LogP) is 6.43. The van der Waals surface area contributed by atoms with E-state index >= 15 is 0 Å². The maximum absolute atomic E-state index is 13.5. The molecular formula is C29H26N2O4S. The Morgan fingerprint density at radius 3 is 1.75 bits per heavy atom. The number of thioether (sulfide) groups is 1. The quantitative estimate of drug-likeness (QED) is 0.260. The summed E-state index contributed by atoms with van der Waals surface area (Å²) in [6.45, 7) is 0. The summed E-state index contributed by atoms with van der Waals surface area (Å²) in [5.74, 6) is 0.291. The van der Waals surface area contributed by atoms with Crippen molar-refractivity contribution < 1.29 is 19.1 Å². The monoisotopic (exact) mass is 498 g/mol. The topological polar surface area (TPSA) is 76.7 Å². The van der Waals surface area contributed by atoms with Crippen molar-refractivity contribution in [2.75, 3.05) is 24.9 Å². The van der Waals surface area contributed by atoms with Crippen molar-refractivity contribution in [2.24, 2.45) is 0 Å². The number of carbonyl (C=O) groups is 2. The first-order valence-electron chi connectivity index (χ1n) is 11.3. The van der Waals surface area contributed by atoms with Crippen LogP contribution in [0, 0.1) is 0 Å². The van der Waals surface area contributed by atoms with Gasteiger partial charge in [0.05, 0.1) is 25.6 Å². The zero-order valence-electron chi connectivity index (χ0n) is 19.9. The molecule has 0 aromatic heterocycles. The fourth-order valence-corrected chi connectivity index (χ4v) is 4.66. The number of carbonyl (C=O) groups excluding carboxylic acids is 2. The van der Waals surface area contributed by atoms with E-state index in [-0.39, 0.29) is 11.8 Å². The first-order valence-corrected chi connectivity index (χ1v) is 12.2. The second kappa shape index (κ2) is 12.0. The van der Waals surface area contributed by atoms with Gasteiger partial charge in [-0.3, -0.25) is 9.59 Å². The summed E-state index contributed by atoms with van der Waals surface area (Å²) < 4.78 is 11.1. The Kier molecular flexibility index (Phi) is 8.26. The summed E-state index contributed by atoms with van der Waals surface area (Å²) >= 11 is 1.46. The van der Waals surface area contributed by atoms with E-state index in [2.05, 4.69) is 10.6 Å². The van der Waals surface area contributed by atoms with Gasteiger partial charge in [0.25, 0.3) is 5.91 Å². The molecule has 4 aromatic rings. The third-order valence-corrected chi connectivity index (χ3v) is 6.67. The highest BCUT2D eigenvalue weighted by molar-refractivity contribution is 8.00. The molecule has 6 nitrogen and oxygen atoms in total. The number of hydrogen-bond acceptors (Lipinski definition) is 5. The van der Waals surface area contributed by atoms with Crippen molar-refractivity contribution in [3.8, 4) is 11.5 Å². The van der Waals surface area contributed by atoms with E-state index in [9.17, 15) is 9.59 Å². The third kappa shape index (κ3) is 6.06. The molecule has 0 aliphatic rings. The van der Waals surface area contributed by atoms with Crippen LogP contribution in [0.15, 0.2) is 108 Å². The summed E-state index contributed by atoms with van der Waals surface area (Å²) in [4.78, 5) is 27.2. The van der Waals surface area contributed by atoms with Crippen LogP contribution in [-0.2, 0) is 4.79 Å². The van der Waals surface area contributed by atoms with Crippen molar-refractivity contribution in [3.63, 3.8) is 0 Å². The highest BCUT2D eigenvalue weighted by atomic mass is 32.2. The molecule has 4 rings (SSSR count). The Hall–Kier alpha value is -4.23. The van der Waals surface area contributed by atoms with E-state index in [4.69, 9.17) is 9.47 Å². The SMILES string of the molecule is COc1cc(NC(=O)[C@H](Sc2ccccc2)c2ccccc2)c(OC)cc1NC(=O)c1ccccc1. The second-order valence-corrected chi connectivity index (χ2v) is 8.96. The molecule has 36 heavy (non-hydrogen) atoms. The minimum Gasteiger partial charge on any atom is -0.494 e. The maximum atomic E-state index is 13.5. The number of hydrogen-bond donors (Lipinski definition) is 2. The van der Waals surface area contributed by atoms with Gasteiger partial charge in [-0.1, -0.05) is 66.7 Å². The number of methoxy groups -OCH3 is 2. The Bertz CT molecular complexity index is 1320. The van der Waals surface area contributed by atoms with Crippen LogP contribution in [0.1, 0.15) is 21.2 Å². The number of anilines is 2. The van der Waals surface area contributed by atoms with Gasteiger partial charge in [0.1, 0.15) is 16.7 Å². The molecule has 2 amide bonds. The van der Waals surface area contributed by atoms with Crippen LogP contribution >= 0.6 is 11.8 Å². The van der Waals surface area contributed by atoms with Crippen LogP contribution in [0.5, 0.6) is 11.5 Å². The predicted molar refractivity (Wildman–Crippen MR) is 144 cm³/mol. The molecule has 1 atom stereocenters. The van der Waals surface area contributed by atoms with E-state index < -0.39 is 5.25 Å². The van der Waals surface area contributed by atoms with Gasteiger partial charge in [-0.15, -0.1) is 11.8 Å². The average Bonchev–Trinajstić information content (AvgIpc) is 2.93. The van der Waals surface area contributed by atoms with E-state index in [1.807, 2.05) is 66.7 Å². The molecule has 2 N–H and O–H groups in total. The largest absolute Gasteiger partial charge is 0.494 e. The van der Waals surface area contributed by atoms with Crippen molar-refractivity contribution >= 4 is 35.0 Å². The molecule has 0 bridgehead atoms. The molecule has 0 radical (unpaired) electrons. The number of rotatable bonds is 9. The third-order valence-electron chi connectivity index (χ3n) is 5.40. The molecule has 7 heteroatoms. The van der Waals surface area contributed by atoms with Crippen LogP contribution in [0.25, 0.3) is 0 Å². The number of benzene rings is 4. The van der Waals surface area contributed by atoms with E-state index in [1.54, 1.807) is 36.4 Å². The molecule has 4 aromatic carbocycles. The first kappa shape index (κ1) is 24.9. The number of nitrogens with one attached hydrogen (secondary N) is 2. The summed E-state index contributed by atoms with van der Waals surface area (Å²) in [6.07, 6.45) is 0. The van der Waals surface area contributed by atoms with Gasteiger partial charge in [0, 0.05) is 22.6 Å². The summed E-state index contributed by atoms with van der Waals surface area (Å²) in [6, 6.07) is 31.5. The molecule has 0 heterocycles. The van der Waals surface area contributed by atoms with Crippen LogP contribution in [0.2, 0.25) is 0 Å². The van der Waals surface area contributed by atoms with Gasteiger partial charge >= 0.3 is 0 Å². The molecular weight excluding hydrogens is 472 g/mol. The lowest BCUT2D eigenvalue weighted by atomic mass is 10.1. The van der Waals surface area contributed by atoms with Gasteiger partial charge in [-0.25, -0.2) is 0 Å². The molecule has 0 aliphatic heterocycles. The minimum atomic E-state index is -0.498. The lowest BCUT2D eigenvalue weighted by Gasteiger charge is -2.20. The fourth-order valence-electron chi connectivity index (χ4n) is 3.61. The Morgan fingerprint density at radius 2 is 1.19 bits per heavy atom. The molecule has 0 unspecified atom stereocenters. The summed E-state index contributed by atoms with van der Waals surface area (Å²) in [5, 5.41) is 5.34. The molecule has 0 saturated carbocycles. The van der Waals surface area contributed by atoms with Gasteiger partial charge in [-0.05, 0) is 29.8 Å². The maximum Gasteiger partial charge on any atom is 0.255 e. The molecule has 0 spiro atoms. The zero-order chi connectivity index (χ0) is 25.3. The summed E-state index contributed by atoms with van der Waals surface area (Å²) in [7, 11) is 3.01. The Morgan fingerprint density at radius 1 is 0.694 bits per heavy atom. The van der Waals surface area contributed by atoms with Crippen LogP contribution < -0.4 is 20.1 Å². The van der Waals surface area contributed by atoms with Crippen molar-refractivity contribution in [3.05, 3.63) is 114 Å². The fraction of sp³-hybridized carbons (Fsp3) is 0.103. The molecule has 182 valence electrons. The van der Waals surface area contributed by atoms with Crippen molar-refractivity contribution in [1.82, 2.24) is 0 Å². The number of amides is 2. The van der Waals surface area contributed by atoms with E-state index in [1.165, 1.54) is 26.0 Å². The second-order valence-electron chi connectivity index (χ2n) is 7.78. The number of ether oxygens (including phenoxy) is 2. The van der Waals surface area contributed by atoms with Gasteiger partial charge in [0.15, 0.2) is 0 Å². The van der Waals surface area contributed by atoms with E-state index in [0.717, 1.165) is 10.5 Å². The minimum absolute atomic E-state index is 0.212. The van der Waals surface area contributed by atoms with Gasteiger partial charge < -0.3 is 20.1 Å². The van der Waals surface area contributed by atoms with Crippen molar-refractivity contribution in [2.45, 2.75) is 10.1 Å². The van der Waals surface area contributed by atoms with Crippen LogP contribution in [0.4, 0.5) is 11.4 Å². The van der Waals surface area contributed by atoms with Gasteiger partial charge in [-0.2, -0.15) is 0 Å². The van der Waals surface area contributed by atoms with Gasteiger partial charge in [0.2, 0.25) is 5.91 Å². The molecule has 0 saturated heterocycles. The van der Waals surface area contributed by atoms with Crippen molar-refractivity contribution in [1.29, 1.82) is 0 Å². The van der Waals surface area contributed by atoms with Crippen LogP contribution in [-0.4, -0.2) is 26.0 Å². The van der Waals surface area contributed by atoms with E-state index in [0.29, 0.717) is 28.4 Å². The highest BCUT2D eigenvalue weighted by Gasteiger charge is 2.24. The average molecular weight is 499 g/mol. The highest BCUT2D eigenvalue weighted by Crippen LogP contribution is 2.40. The van der Waals surface area contributed by atoms with Crippen LogP contribution in [0.3, 0.4) is 0 Å². The Labute approximate surface area is 214 Å². The lowest BCUT2D eigenvalue weighted by Crippen LogP contribution is -2.20. The molecule has 0 fully saturated rings.